The minimum atomic E-state index is -0.287. The summed E-state index contributed by atoms with van der Waals surface area (Å²) in [6, 6.07) is 13.3. The van der Waals surface area contributed by atoms with Gasteiger partial charge < -0.3 is 19.4 Å². The van der Waals surface area contributed by atoms with E-state index >= 15 is 0 Å². The van der Waals surface area contributed by atoms with E-state index in [1.807, 2.05) is 42.5 Å². The van der Waals surface area contributed by atoms with E-state index in [0.717, 1.165) is 21.3 Å². The molecule has 0 spiro atoms. The Labute approximate surface area is 176 Å². The third-order valence-corrected chi connectivity index (χ3v) is 6.01. The number of fused-ring (bicyclic) bond motifs is 3. The molecule has 8 heteroatoms. The number of nitrogens with zero attached hydrogens (tertiary/aromatic N) is 2. The summed E-state index contributed by atoms with van der Waals surface area (Å²) >= 11 is 1.27. The molecule has 0 fully saturated rings. The lowest BCUT2D eigenvalue weighted by Crippen LogP contribution is -2.26. The van der Waals surface area contributed by atoms with E-state index in [-0.39, 0.29) is 11.5 Å². The molecule has 0 unspecified atom stereocenters. The minimum absolute atomic E-state index is 0.210. The second-order valence-corrected chi connectivity index (χ2v) is 7.67. The Bertz CT molecular complexity index is 1260. The van der Waals surface area contributed by atoms with Crippen molar-refractivity contribution < 1.29 is 14.3 Å². The largest absolute Gasteiger partial charge is 0.494 e. The van der Waals surface area contributed by atoms with Crippen LogP contribution in [-0.2, 0) is 11.3 Å². The van der Waals surface area contributed by atoms with E-state index in [4.69, 9.17) is 9.47 Å². The van der Waals surface area contributed by atoms with Crippen LogP contribution in [0.25, 0.3) is 21.0 Å². The maximum absolute atomic E-state index is 13.5. The molecule has 1 N–H and O–H groups in total. The highest BCUT2D eigenvalue weighted by atomic mass is 32.1. The number of methoxy groups -OCH3 is 2. The summed E-state index contributed by atoms with van der Waals surface area (Å²) < 4.78 is 13.0. The normalized spacial score (nSPS) is 11.1. The van der Waals surface area contributed by atoms with Crippen molar-refractivity contribution in [3.05, 3.63) is 69.6 Å². The molecule has 0 radical (unpaired) electrons. The zero-order valence-corrected chi connectivity index (χ0v) is 17.5. The van der Waals surface area contributed by atoms with Crippen molar-refractivity contribution in [2.45, 2.75) is 6.54 Å². The highest BCUT2D eigenvalue weighted by molar-refractivity contribution is 7.22. The van der Waals surface area contributed by atoms with Crippen LogP contribution in [0.4, 0.5) is 0 Å². The van der Waals surface area contributed by atoms with E-state index in [2.05, 4.69) is 10.3 Å². The Morgan fingerprint density at radius 3 is 2.70 bits per heavy atom. The molecular formula is C22H21N3O4S. The molecule has 0 aliphatic heterocycles. The van der Waals surface area contributed by atoms with Gasteiger partial charge in [-0.15, -0.1) is 11.3 Å². The van der Waals surface area contributed by atoms with Crippen LogP contribution in [0.15, 0.2) is 53.5 Å². The van der Waals surface area contributed by atoms with E-state index in [9.17, 15) is 9.59 Å². The maximum Gasteiger partial charge on any atom is 0.265 e. The lowest BCUT2D eigenvalue weighted by Gasteiger charge is -2.11. The zero-order valence-electron chi connectivity index (χ0n) is 16.7. The average molecular weight is 423 g/mol. The van der Waals surface area contributed by atoms with Crippen LogP contribution >= 0.6 is 11.3 Å². The minimum Gasteiger partial charge on any atom is -0.494 e. The van der Waals surface area contributed by atoms with E-state index in [0.29, 0.717) is 35.7 Å². The lowest BCUT2D eigenvalue weighted by molar-refractivity contribution is 0.0938. The van der Waals surface area contributed by atoms with Crippen molar-refractivity contribution in [1.82, 2.24) is 14.9 Å². The molecule has 30 heavy (non-hydrogen) atoms. The summed E-state index contributed by atoms with van der Waals surface area (Å²) in [5.74, 6) is 0.0142. The molecule has 0 aliphatic rings. The number of hydrogen-bond donors (Lipinski definition) is 1. The van der Waals surface area contributed by atoms with Crippen LogP contribution in [0.3, 0.4) is 0 Å². The fourth-order valence-electron chi connectivity index (χ4n) is 3.45. The van der Waals surface area contributed by atoms with Gasteiger partial charge in [0.2, 0.25) is 0 Å². The second kappa shape index (κ2) is 8.64. The number of benzene rings is 1. The van der Waals surface area contributed by atoms with Crippen molar-refractivity contribution in [2.24, 2.45) is 0 Å². The van der Waals surface area contributed by atoms with E-state index < -0.39 is 0 Å². The topological polar surface area (TPSA) is 82.5 Å². The lowest BCUT2D eigenvalue weighted by atomic mass is 10.1. The number of rotatable bonds is 7. The number of aromatic nitrogens is 2. The fraction of sp³-hybridized carbons (Fsp3) is 0.227. The Morgan fingerprint density at radius 2 is 1.97 bits per heavy atom. The SMILES string of the molecule is COCCNC(=O)c1sc2c(c1OC)c(=O)n(Cc1ccccn1)c1ccccc21. The van der Waals surface area contributed by atoms with Gasteiger partial charge in [0, 0.05) is 25.2 Å². The standard InChI is InChI=1S/C22H21N3O4S/c1-28-12-11-24-21(26)20-18(29-2)17-19(30-20)15-8-3-4-9-16(15)25(22(17)27)13-14-7-5-6-10-23-14/h3-10H,11-13H2,1-2H3,(H,24,26). The summed E-state index contributed by atoms with van der Waals surface area (Å²) in [5, 5.41) is 4.11. The van der Waals surface area contributed by atoms with Crippen molar-refractivity contribution in [2.75, 3.05) is 27.4 Å². The molecule has 0 atom stereocenters. The first-order valence-corrected chi connectivity index (χ1v) is 10.3. The second-order valence-electron chi connectivity index (χ2n) is 6.65. The van der Waals surface area contributed by atoms with Crippen molar-refractivity contribution in [3.63, 3.8) is 0 Å². The predicted octanol–water partition coefficient (Wildman–Crippen LogP) is 3.04. The Kier molecular flexibility index (Phi) is 5.78. The van der Waals surface area contributed by atoms with Crippen LogP contribution in [0.5, 0.6) is 5.75 Å². The molecule has 4 rings (SSSR count). The van der Waals surface area contributed by atoms with Crippen LogP contribution in [0.2, 0.25) is 0 Å². The molecule has 0 saturated heterocycles. The monoisotopic (exact) mass is 423 g/mol. The molecule has 1 amide bonds. The fourth-order valence-corrected chi connectivity index (χ4v) is 4.66. The average Bonchev–Trinajstić information content (AvgIpc) is 3.17. The van der Waals surface area contributed by atoms with Crippen molar-refractivity contribution in [1.29, 1.82) is 0 Å². The molecule has 4 aromatic rings. The smallest absolute Gasteiger partial charge is 0.265 e. The quantitative estimate of drug-likeness (QED) is 0.462. The highest BCUT2D eigenvalue weighted by Gasteiger charge is 2.24. The molecule has 154 valence electrons. The number of thiophene rings is 1. The summed E-state index contributed by atoms with van der Waals surface area (Å²) in [6.45, 7) is 1.10. The third-order valence-electron chi connectivity index (χ3n) is 4.81. The molecule has 1 aromatic carbocycles. The van der Waals surface area contributed by atoms with Gasteiger partial charge in [-0.3, -0.25) is 14.6 Å². The zero-order chi connectivity index (χ0) is 21.1. The van der Waals surface area contributed by atoms with Gasteiger partial charge in [-0.2, -0.15) is 0 Å². The molecule has 0 aliphatic carbocycles. The predicted molar refractivity (Wildman–Crippen MR) is 118 cm³/mol. The summed E-state index contributed by atoms with van der Waals surface area (Å²) in [6.07, 6.45) is 1.70. The molecule has 7 nitrogen and oxygen atoms in total. The van der Waals surface area contributed by atoms with Crippen LogP contribution in [0.1, 0.15) is 15.4 Å². The Hall–Kier alpha value is -3.23. The number of nitrogens with one attached hydrogen (secondary N) is 1. The van der Waals surface area contributed by atoms with Gasteiger partial charge in [0.25, 0.3) is 11.5 Å². The molecular weight excluding hydrogens is 402 g/mol. The Balaban J connectivity index is 1.94. The van der Waals surface area contributed by atoms with Gasteiger partial charge >= 0.3 is 0 Å². The van der Waals surface area contributed by atoms with Gasteiger partial charge in [0.05, 0.1) is 36.2 Å². The number of ether oxygens (including phenoxy) is 2. The number of carbonyl (C=O) groups excluding carboxylic acids is 1. The number of pyridine rings is 2. The van der Waals surface area contributed by atoms with Crippen molar-refractivity contribution >= 4 is 38.2 Å². The summed E-state index contributed by atoms with van der Waals surface area (Å²) in [5.41, 5.74) is 1.35. The highest BCUT2D eigenvalue weighted by Crippen LogP contribution is 2.39. The van der Waals surface area contributed by atoms with Gasteiger partial charge in [0.15, 0.2) is 5.75 Å². The van der Waals surface area contributed by atoms with Crippen LogP contribution < -0.4 is 15.6 Å². The van der Waals surface area contributed by atoms with Crippen LogP contribution in [-0.4, -0.2) is 42.8 Å². The van der Waals surface area contributed by atoms with Gasteiger partial charge in [-0.25, -0.2) is 0 Å². The van der Waals surface area contributed by atoms with Gasteiger partial charge in [-0.1, -0.05) is 24.3 Å². The molecule has 0 saturated carbocycles. The van der Waals surface area contributed by atoms with Crippen molar-refractivity contribution in [3.8, 4) is 5.75 Å². The van der Waals surface area contributed by atoms with Gasteiger partial charge in [-0.05, 0) is 18.2 Å². The Morgan fingerprint density at radius 1 is 1.17 bits per heavy atom. The number of hydrogen-bond acceptors (Lipinski definition) is 6. The summed E-state index contributed by atoms with van der Waals surface area (Å²) in [7, 11) is 3.05. The third kappa shape index (κ3) is 3.55. The number of amides is 1. The van der Waals surface area contributed by atoms with Crippen LogP contribution in [0, 0.1) is 0 Å². The first kappa shape index (κ1) is 20.1. The molecule has 3 aromatic heterocycles. The first-order valence-electron chi connectivity index (χ1n) is 9.44. The molecule has 0 bridgehead atoms. The van der Waals surface area contributed by atoms with Gasteiger partial charge in [0.1, 0.15) is 10.3 Å². The summed E-state index contributed by atoms with van der Waals surface area (Å²) in [4.78, 5) is 31.0. The molecule has 3 heterocycles. The van der Waals surface area contributed by atoms with E-state index in [1.54, 1.807) is 17.9 Å². The number of para-hydroxylation sites is 1. The maximum atomic E-state index is 13.5. The number of carbonyl (C=O) groups is 1. The van der Waals surface area contributed by atoms with E-state index in [1.165, 1.54) is 18.4 Å². The first-order chi connectivity index (χ1) is 14.7.